The van der Waals surface area contributed by atoms with Gasteiger partial charge in [0.15, 0.2) is 0 Å². The standard InChI is InChI=1S/C13H23N3/c1-4-16-13(7-8-15-16)12-6-5-11(12)9-14-10(2)3/h7-8,10-12,14H,4-6,9H2,1-3H3. The molecule has 1 aliphatic carbocycles. The van der Waals surface area contributed by atoms with E-state index in [4.69, 9.17) is 0 Å². The molecule has 0 spiro atoms. The first-order chi connectivity index (χ1) is 7.72. The lowest BCUT2D eigenvalue weighted by Crippen LogP contribution is -2.37. The van der Waals surface area contributed by atoms with Crippen LogP contribution in [0.3, 0.4) is 0 Å². The first-order valence-electron chi connectivity index (χ1n) is 6.47. The van der Waals surface area contributed by atoms with Gasteiger partial charge in [-0.15, -0.1) is 0 Å². The monoisotopic (exact) mass is 221 g/mol. The zero-order valence-electron chi connectivity index (χ0n) is 10.6. The molecule has 3 nitrogen and oxygen atoms in total. The lowest BCUT2D eigenvalue weighted by Gasteiger charge is -2.37. The van der Waals surface area contributed by atoms with Crippen molar-refractivity contribution in [3.63, 3.8) is 0 Å². The van der Waals surface area contributed by atoms with Crippen LogP contribution in [0.25, 0.3) is 0 Å². The van der Waals surface area contributed by atoms with E-state index in [-0.39, 0.29) is 0 Å². The molecule has 3 heteroatoms. The Kier molecular flexibility index (Phi) is 3.64. The number of aryl methyl sites for hydroxylation is 1. The summed E-state index contributed by atoms with van der Waals surface area (Å²) in [6.45, 7) is 8.73. The van der Waals surface area contributed by atoms with Crippen molar-refractivity contribution in [1.29, 1.82) is 0 Å². The molecule has 1 aromatic rings. The van der Waals surface area contributed by atoms with Crippen molar-refractivity contribution in [3.8, 4) is 0 Å². The third kappa shape index (κ3) is 2.29. The highest BCUT2D eigenvalue weighted by atomic mass is 15.3. The minimum atomic E-state index is 0.595. The van der Waals surface area contributed by atoms with Gasteiger partial charge in [0.1, 0.15) is 0 Å². The molecule has 16 heavy (non-hydrogen) atoms. The molecule has 1 fully saturated rings. The fourth-order valence-corrected chi connectivity index (χ4v) is 2.51. The van der Waals surface area contributed by atoms with Crippen molar-refractivity contribution >= 4 is 0 Å². The summed E-state index contributed by atoms with van der Waals surface area (Å²) in [7, 11) is 0. The second-order valence-electron chi connectivity index (χ2n) is 5.08. The smallest absolute Gasteiger partial charge is 0.0492 e. The van der Waals surface area contributed by atoms with Crippen LogP contribution >= 0.6 is 0 Å². The summed E-state index contributed by atoms with van der Waals surface area (Å²) in [5.41, 5.74) is 1.43. The van der Waals surface area contributed by atoms with Gasteiger partial charge in [-0.05, 0) is 38.3 Å². The predicted octanol–water partition coefficient (Wildman–Crippen LogP) is 2.39. The summed E-state index contributed by atoms with van der Waals surface area (Å²) in [6, 6.07) is 2.78. The van der Waals surface area contributed by atoms with Gasteiger partial charge >= 0.3 is 0 Å². The zero-order chi connectivity index (χ0) is 11.5. The molecule has 2 atom stereocenters. The maximum absolute atomic E-state index is 4.36. The Bertz CT molecular complexity index is 330. The van der Waals surface area contributed by atoms with Crippen molar-refractivity contribution < 1.29 is 0 Å². The first kappa shape index (κ1) is 11.6. The minimum absolute atomic E-state index is 0.595. The molecule has 0 amide bonds. The van der Waals surface area contributed by atoms with Crippen LogP contribution in [0.5, 0.6) is 0 Å². The molecule has 0 radical (unpaired) electrons. The summed E-state index contributed by atoms with van der Waals surface area (Å²) in [6.07, 6.45) is 4.62. The van der Waals surface area contributed by atoms with Gasteiger partial charge in [0, 0.05) is 30.4 Å². The molecule has 2 rings (SSSR count). The lowest BCUT2D eigenvalue weighted by molar-refractivity contribution is 0.229. The Labute approximate surface area is 98.2 Å². The van der Waals surface area contributed by atoms with Gasteiger partial charge in [0.2, 0.25) is 0 Å². The van der Waals surface area contributed by atoms with Crippen LogP contribution in [-0.4, -0.2) is 22.4 Å². The summed E-state index contributed by atoms with van der Waals surface area (Å²) < 4.78 is 2.15. The molecule has 0 bridgehead atoms. The van der Waals surface area contributed by atoms with E-state index in [1.165, 1.54) is 18.5 Å². The second kappa shape index (κ2) is 5.00. The van der Waals surface area contributed by atoms with E-state index in [9.17, 15) is 0 Å². The lowest BCUT2D eigenvalue weighted by atomic mass is 9.71. The van der Waals surface area contributed by atoms with Crippen LogP contribution in [-0.2, 0) is 6.54 Å². The Balaban J connectivity index is 1.95. The average molecular weight is 221 g/mol. The fourth-order valence-electron chi connectivity index (χ4n) is 2.51. The van der Waals surface area contributed by atoms with Crippen LogP contribution in [0.15, 0.2) is 12.3 Å². The van der Waals surface area contributed by atoms with Crippen molar-refractivity contribution in [2.75, 3.05) is 6.54 Å². The number of nitrogens with one attached hydrogen (secondary N) is 1. The highest BCUT2D eigenvalue weighted by molar-refractivity contribution is 5.13. The van der Waals surface area contributed by atoms with Crippen LogP contribution < -0.4 is 5.32 Å². The van der Waals surface area contributed by atoms with Crippen LogP contribution in [0, 0.1) is 5.92 Å². The molecular weight excluding hydrogens is 198 g/mol. The molecule has 1 N–H and O–H groups in total. The van der Waals surface area contributed by atoms with Gasteiger partial charge < -0.3 is 5.32 Å². The minimum Gasteiger partial charge on any atom is -0.314 e. The normalized spacial score (nSPS) is 24.8. The van der Waals surface area contributed by atoms with Crippen LogP contribution in [0.4, 0.5) is 0 Å². The molecule has 1 aromatic heterocycles. The van der Waals surface area contributed by atoms with Gasteiger partial charge in [-0.1, -0.05) is 13.8 Å². The van der Waals surface area contributed by atoms with Crippen LogP contribution in [0.2, 0.25) is 0 Å². The number of nitrogens with zero attached hydrogens (tertiary/aromatic N) is 2. The Morgan fingerprint density at radius 1 is 1.50 bits per heavy atom. The van der Waals surface area contributed by atoms with Crippen molar-refractivity contribution in [2.24, 2.45) is 5.92 Å². The summed E-state index contributed by atoms with van der Waals surface area (Å²) in [4.78, 5) is 0. The van der Waals surface area contributed by atoms with E-state index < -0.39 is 0 Å². The molecule has 0 aliphatic heterocycles. The van der Waals surface area contributed by atoms with Gasteiger partial charge in [0.05, 0.1) is 0 Å². The van der Waals surface area contributed by atoms with E-state index in [1.807, 2.05) is 6.20 Å². The largest absolute Gasteiger partial charge is 0.314 e. The molecule has 0 saturated heterocycles. The third-order valence-corrected chi connectivity index (χ3v) is 3.63. The van der Waals surface area contributed by atoms with Gasteiger partial charge in [-0.25, -0.2) is 0 Å². The fraction of sp³-hybridized carbons (Fsp3) is 0.769. The third-order valence-electron chi connectivity index (χ3n) is 3.63. The highest BCUT2D eigenvalue weighted by Crippen LogP contribution is 2.41. The second-order valence-corrected chi connectivity index (χ2v) is 5.08. The molecule has 1 saturated carbocycles. The maximum atomic E-state index is 4.36. The number of hydrogen-bond acceptors (Lipinski definition) is 2. The Hall–Kier alpha value is -0.830. The van der Waals surface area contributed by atoms with Gasteiger partial charge in [-0.2, -0.15) is 5.10 Å². The van der Waals surface area contributed by atoms with Gasteiger partial charge in [0.25, 0.3) is 0 Å². The summed E-state index contributed by atoms with van der Waals surface area (Å²) >= 11 is 0. The van der Waals surface area contributed by atoms with E-state index in [0.29, 0.717) is 6.04 Å². The van der Waals surface area contributed by atoms with E-state index in [2.05, 4.69) is 41.9 Å². The molecule has 1 aliphatic rings. The van der Waals surface area contributed by atoms with Crippen molar-refractivity contribution in [2.45, 2.75) is 52.1 Å². The SMILES string of the molecule is CCn1nccc1C1CCC1CNC(C)C. The van der Waals surface area contributed by atoms with E-state index in [0.717, 1.165) is 24.9 Å². The van der Waals surface area contributed by atoms with Crippen LogP contribution in [0.1, 0.15) is 45.2 Å². The zero-order valence-corrected chi connectivity index (χ0v) is 10.6. The first-order valence-corrected chi connectivity index (χ1v) is 6.47. The maximum Gasteiger partial charge on any atom is 0.0492 e. The van der Waals surface area contributed by atoms with E-state index >= 15 is 0 Å². The number of aromatic nitrogens is 2. The quantitative estimate of drug-likeness (QED) is 0.827. The van der Waals surface area contributed by atoms with Gasteiger partial charge in [-0.3, -0.25) is 4.68 Å². The number of rotatable bonds is 5. The molecule has 0 aromatic carbocycles. The van der Waals surface area contributed by atoms with E-state index in [1.54, 1.807) is 0 Å². The highest BCUT2D eigenvalue weighted by Gasteiger charge is 2.33. The van der Waals surface area contributed by atoms with Crippen molar-refractivity contribution in [1.82, 2.24) is 15.1 Å². The van der Waals surface area contributed by atoms with Crippen molar-refractivity contribution in [3.05, 3.63) is 18.0 Å². The summed E-state index contributed by atoms with van der Waals surface area (Å²) in [5.74, 6) is 1.54. The topological polar surface area (TPSA) is 29.9 Å². The Morgan fingerprint density at radius 3 is 2.88 bits per heavy atom. The molecular formula is C13H23N3. The average Bonchev–Trinajstić information content (AvgIpc) is 2.63. The molecule has 2 unspecified atom stereocenters. The predicted molar refractivity (Wildman–Crippen MR) is 66.5 cm³/mol. The summed E-state index contributed by atoms with van der Waals surface area (Å²) in [5, 5.41) is 7.91. The number of hydrogen-bond donors (Lipinski definition) is 1. The molecule has 90 valence electrons. The Morgan fingerprint density at radius 2 is 2.31 bits per heavy atom. The molecule has 1 heterocycles.